The Morgan fingerprint density at radius 3 is 2.63 bits per heavy atom. The van der Waals surface area contributed by atoms with E-state index in [0.29, 0.717) is 47.9 Å². The smallest absolute Gasteiger partial charge is 0.412 e. The fraction of sp³-hybridized carbons (Fsp3) is 0.360. The van der Waals surface area contributed by atoms with Crippen LogP contribution in [0.4, 0.5) is 10.5 Å². The maximum Gasteiger partial charge on any atom is 0.412 e. The van der Waals surface area contributed by atoms with Gasteiger partial charge >= 0.3 is 12.1 Å². The molecule has 3 rings (SSSR count). The van der Waals surface area contributed by atoms with Crippen LogP contribution in [-0.2, 0) is 14.3 Å². The summed E-state index contributed by atoms with van der Waals surface area (Å²) in [6.07, 6.45) is 1.42. The molecule has 1 aliphatic rings. The van der Waals surface area contributed by atoms with E-state index >= 15 is 0 Å². The maximum absolute atomic E-state index is 12.8. The number of allylic oxidation sites excluding steroid dienone is 1. The van der Waals surface area contributed by atoms with Crippen LogP contribution in [0.15, 0.2) is 54.6 Å². The number of carboxylic acids is 1. The van der Waals surface area contributed by atoms with Gasteiger partial charge in [-0.05, 0) is 49.6 Å². The zero-order valence-corrected chi connectivity index (χ0v) is 19.3. The second-order valence-corrected chi connectivity index (χ2v) is 7.47. The zero-order valence-electron chi connectivity index (χ0n) is 19.3. The van der Waals surface area contributed by atoms with E-state index in [0.717, 1.165) is 6.08 Å². The van der Waals surface area contributed by atoms with Gasteiger partial charge in [0.2, 0.25) is 6.79 Å². The van der Waals surface area contributed by atoms with E-state index in [1.165, 1.54) is 6.08 Å². The Morgan fingerprint density at radius 2 is 1.91 bits per heavy atom. The van der Waals surface area contributed by atoms with Gasteiger partial charge in [0, 0.05) is 24.4 Å². The summed E-state index contributed by atoms with van der Waals surface area (Å²) in [5.41, 5.74) is 1.14. The minimum atomic E-state index is -1.03. The third-order valence-electron chi connectivity index (χ3n) is 5.02. The first kappa shape index (κ1) is 25.9. The van der Waals surface area contributed by atoms with Crippen LogP contribution in [0.3, 0.4) is 0 Å². The highest BCUT2D eigenvalue weighted by atomic mass is 16.7. The Kier molecular flexibility index (Phi) is 9.76. The number of ether oxygens (including phenoxy) is 5. The number of aliphatic carboxylic acids is 1. The maximum atomic E-state index is 12.8. The van der Waals surface area contributed by atoms with Crippen LogP contribution in [0.5, 0.6) is 17.2 Å². The van der Waals surface area contributed by atoms with E-state index in [4.69, 9.17) is 33.9 Å². The Morgan fingerprint density at radius 1 is 1.14 bits per heavy atom. The van der Waals surface area contributed by atoms with Gasteiger partial charge in [0.1, 0.15) is 12.4 Å². The fourth-order valence-corrected chi connectivity index (χ4v) is 3.49. The summed E-state index contributed by atoms with van der Waals surface area (Å²) in [5.74, 6) is 0.641. The minimum Gasteiger partial charge on any atom is -0.491 e. The van der Waals surface area contributed by atoms with E-state index in [1.807, 2.05) is 6.92 Å². The average molecular weight is 488 g/mol. The van der Waals surface area contributed by atoms with Crippen molar-refractivity contribution in [1.82, 2.24) is 0 Å². The first-order valence-corrected chi connectivity index (χ1v) is 11.2. The summed E-state index contributed by atoms with van der Waals surface area (Å²) < 4.78 is 27.7. The van der Waals surface area contributed by atoms with Crippen LogP contribution in [0.25, 0.3) is 0 Å². The molecule has 2 aromatic rings. The predicted octanol–water partition coefficient (Wildman–Crippen LogP) is 3.90. The van der Waals surface area contributed by atoms with Gasteiger partial charge in [-0.15, -0.1) is 0 Å². The van der Waals surface area contributed by atoms with Crippen molar-refractivity contribution in [2.45, 2.75) is 32.0 Å². The van der Waals surface area contributed by atoms with Crippen molar-refractivity contribution < 1.29 is 43.5 Å². The van der Waals surface area contributed by atoms with Crippen molar-refractivity contribution in [3.8, 4) is 17.2 Å². The third-order valence-corrected chi connectivity index (χ3v) is 5.02. The van der Waals surface area contributed by atoms with Gasteiger partial charge in [-0.1, -0.05) is 18.2 Å². The summed E-state index contributed by atoms with van der Waals surface area (Å²) in [4.78, 5) is 23.6. The number of carboxylic acid groups (broad SMARTS) is 1. The van der Waals surface area contributed by atoms with Crippen LogP contribution in [-0.4, -0.2) is 55.0 Å². The molecule has 0 spiro atoms. The van der Waals surface area contributed by atoms with Crippen molar-refractivity contribution >= 4 is 17.7 Å². The number of hydrogen-bond donors (Lipinski definition) is 3. The molecule has 3 N–H and O–H groups in total. The standard InChI is InChI=1S/C25H29NO9/c1-2-31-21(5-3-4-6-23(28)29)24(17-7-10-19(11-8-17)32-14-13-27)35-25(30)26-18-9-12-20-22(15-18)34-16-33-20/h4,6-12,15,21,24,27H,2-3,5,13-14,16H2,1H3,(H,26,30)(H,28,29)/b6-4+/t21-,24-/m0/s1. The molecule has 10 nitrogen and oxygen atoms in total. The SMILES string of the molecule is CCO[C@@H](CC/C=C/C(=O)O)[C@@H](OC(=O)Nc1ccc2c(c1)OCO2)c1ccc(OCCO)cc1. The number of hydrogen-bond acceptors (Lipinski definition) is 8. The highest BCUT2D eigenvalue weighted by Crippen LogP contribution is 2.35. The number of carbonyl (C=O) groups is 2. The van der Waals surface area contributed by atoms with Crippen molar-refractivity contribution in [2.75, 3.05) is 31.9 Å². The number of rotatable bonds is 13. The number of aliphatic hydroxyl groups is 1. The predicted molar refractivity (Wildman–Crippen MR) is 126 cm³/mol. The summed E-state index contributed by atoms with van der Waals surface area (Å²) in [6, 6.07) is 11.9. The van der Waals surface area contributed by atoms with Crippen molar-refractivity contribution in [1.29, 1.82) is 0 Å². The number of aliphatic hydroxyl groups excluding tert-OH is 1. The third kappa shape index (κ3) is 7.90. The number of amides is 1. The van der Waals surface area contributed by atoms with Crippen molar-refractivity contribution in [3.05, 3.63) is 60.2 Å². The summed E-state index contributed by atoms with van der Waals surface area (Å²) in [5, 5.41) is 20.5. The van der Waals surface area contributed by atoms with Gasteiger partial charge in [0.25, 0.3) is 0 Å². The van der Waals surface area contributed by atoms with Gasteiger partial charge in [-0.2, -0.15) is 0 Å². The molecular weight excluding hydrogens is 458 g/mol. The molecule has 0 radical (unpaired) electrons. The van der Waals surface area contributed by atoms with E-state index in [-0.39, 0.29) is 20.0 Å². The van der Waals surface area contributed by atoms with Gasteiger partial charge in [0.05, 0.1) is 12.7 Å². The fourth-order valence-electron chi connectivity index (χ4n) is 3.49. The van der Waals surface area contributed by atoms with Crippen LogP contribution in [0, 0.1) is 0 Å². The minimum absolute atomic E-state index is 0.107. The lowest BCUT2D eigenvalue weighted by Crippen LogP contribution is -2.29. The van der Waals surface area contributed by atoms with Crippen LogP contribution in [0.1, 0.15) is 31.4 Å². The van der Waals surface area contributed by atoms with E-state index in [1.54, 1.807) is 42.5 Å². The van der Waals surface area contributed by atoms with Crippen molar-refractivity contribution in [3.63, 3.8) is 0 Å². The first-order chi connectivity index (χ1) is 17.0. The number of anilines is 1. The largest absolute Gasteiger partial charge is 0.491 e. The second-order valence-electron chi connectivity index (χ2n) is 7.47. The lowest BCUT2D eigenvalue weighted by atomic mass is 10.00. The second kappa shape index (κ2) is 13.2. The highest BCUT2D eigenvalue weighted by molar-refractivity contribution is 5.85. The molecule has 0 bridgehead atoms. The summed E-state index contributed by atoms with van der Waals surface area (Å²) in [6.45, 7) is 2.37. The molecule has 1 heterocycles. The molecule has 2 atom stereocenters. The van der Waals surface area contributed by atoms with Gasteiger partial charge < -0.3 is 33.9 Å². The van der Waals surface area contributed by atoms with Crippen LogP contribution in [0.2, 0.25) is 0 Å². The zero-order chi connectivity index (χ0) is 25.0. The molecule has 0 saturated carbocycles. The lowest BCUT2D eigenvalue weighted by Gasteiger charge is -2.27. The van der Waals surface area contributed by atoms with E-state index in [9.17, 15) is 9.59 Å². The molecule has 2 aromatic carbocycles. The summed E-state index contributed by atoms with van der Waals surface area (Å²) >= 11 is 0. The molecule has 0 saturated heterocycles. The molecular formula is C25H29NO9. The molecule has 1 amide bonds. The molecule has 0 unspecified atom stereocenters. The molecule has 35 heavy (non-hydrogen) atoms. The first-order valence-electron chi connectivity index (χ1n) is 11.2. The molecule has 188 valence electrons. The quantitative estimate of drug-likeness (QED) is 0.360. The average Bonchev–Trinajstić information content (AvgIpc) is 3.31. The summed E-state index contributed by atoms with van der Waals surface area (Å²) in [7, 11) is 0. The number of nitrogens with one attached hydrogen (secondary N) is 1. The molecule has 0 aliphatic carbocycles. The van der Waals surface area contributed by atoms with Gasteiger partial charge in [-0.3, -0.25) is 5.32 Å². The number of carbonyl (C=O) groups excluding carboxylic acids is 1. The van der Waals surface area contributed by atoms with E-state index < -0.39 is 24.3 Å². The molecule has 1 aliphatic heterocycles. The Hall–Kier alpha value is -3.76. The van der Waals surface area contributed by atoms with Gasteiger partial charge in [0.15, 0.2) is 17.6 Å². The monoisotopic (exact) mass is 487 g/mol. The Labute approximate surface area is 203 Å². The molecule has 10 heteroatoms. The normalized spacial score (nSPS) is 13.9. The molecule has 0 fully saturated rings. The van der Waals surface area contributed by atoms with Crippen LogP contribution < -0.4 is 19.5 Å². The van der Waals surface area contributed by atoms with E-state index in [2.05, 4.69) is 5.32 Å². The molecule has 0 aromatic heterocycles. The topological polar surface area (TPSA) is 133 Å². The Balaban J connectivity index is 1.76. The Bertz CT molecular complexity index is 1010. The van der Waals surface area contributed by atoms with Crippen LogP contribution >= 0.6 is 0 Å². The van der Waals surface area contributed by atoms with Crippen molar-refractivity contribution in [2.24, 2.45) is 0 Å². The van der Waals surface area contributed by atoms with Gasteiger partial charge in [-0.25, -0.2) is 9.59 Å². The number of benzene rings is 2. The highest BCUT2D eigenvalue weighted by Gasteiger charge is 2.28. The lowest BCUT2D eigenvalue weighted by molar-refractivity contribution is -0.131. The number of fused-ring (bicyclic) bond motifs is 1.